The first-order chi connectivity index (χ1) is 10.0. The smallest absolute Gasteiger partial charge is 0.374 e. The van der Waals surface area contributed by atoms with Gasteiger partial charge >= 0.3 is 5.97 Å². The maximum atomic E-state index is 11.7. The van der Waals surface area contributed by atoms with Crippen LogP contribution >= 0.6 is 0 Å². The zero-order valence-corrected chi connectivity index (χ0v) is 12.8. The van der Waals surface area contributed by atoms with E-state index in [1.807, 2.05) is 26.0 Å². The first-order valence-corrected chi connectivity index (χ1v) is 7.43. The monoisotopic (exact) mass is 290 g/mol. The number of aliphatic hydroxyl groups excluding tert-OH is 1. The molecule has 1 N–H and O–H groups in total. The third-order valence-electron chi connectivity index (χ3n) is 3.58. The van der Waals surface area contributed by atoms with Gasteiger partial charge in [0.25, 0.3) is 0 Å². The molecule has 0 amide bonds. The van der Waals surface area contributed by atoms with Crippen molar-refractivity contribution >= 4 is 16.9 Å². The lowest BCUT2D eigenvalue weighted by Gasteiger charge is -2.08. The average Bonchev–Trinajstić information content (AvgIpc) is 2.89. The van der Waals surface area contributed by atoms with Crippen LogP contribution in [-0.2, 0) is 11.2 Å². The molecule has 1 unspecified atom stereocenters. The number of esters is 1. The van der Waals surface area contributed by atoms with E-state index in [0.717, 1.165) is 41.4 Å². The number of aryl methyl sites for hydroxylation is 2. The van der Waals surface area contributed by atoms with Crippen LogP contribution in [0.2, 0.25) is 0 Å². The molecule has 1 aromatic carbocycles. The quantitative estimate of drug-likeness (QED) is 0.825. The topological polar surface area (TPSA) is 59.7 Å². The molecule has 0 saturated heterocycles. The van der Waals surface area contributed by atoms with E-state index in [4.69, 9.17) is 9.15 Å². The minimum absolute atomic E-state index is 0.237. The van der Waals surface area contributed by atoms with Gasteiger partial charge in [0.2, 0.25) is 5.76 Å². The summed E-state index contributed by atoms with van der Waals surface area (Å²) in [6.07, 6.45) is 2.05. The number of hydrogen-bond acceptors (Lipinski definition) is 4. The Labute approximate surface area is 124 Å². The van der Waals surface area contributed by atoms with Crippen molar-refractivity contribution in [1.29, 1.82) is 0 Å². The number of aliphatic hydroxyl groups is 1. The van der Waals surface area contributed by atoms with Gasteiger partial charge in [-0.2, -0.15) is 0 Å². The summed E-state index contributed by atoms with van der Waals surface area (Å²) in [5.74, 6) is -0.197. The molecule has 0 radical (unpaired) electrons. The lowest BCUT2D eigenvalue weighted by atomic mass is 10.0. The summed E-state index contributed by atoms with van der Waals surface area (Å²) < 4.78 is 10.5. The highest BCUT2D eigenvalue weighted by Crippen LogP contribution is 2.26. The van der Waals surface area contributed by atoms with Gasteiger partial charge in [0.05, 0.1) is 12.7 Å². The number of carbonyl (C=O) groups excluding carboxylic acids is 1. The second kappa shape index (κ2) is 6.76. The van der Waals surface area contributed by atoms with Crippen LogP contribution in [0.3, 0.4) is 0 Å². The van der Waals surface area contributed by atoms with Crippen LogP contribution in [0.15, 0.2) is 22.6 Å². The van der Waals surface area contributed by atoms with Crippen molar-refractivity contribution in [3.8, 4) is 0 Å². The lowest BCUT2D eigenvalue weighted by molar-refractivity contribution is 0.0492. The van der Waals surface area contributed by atoms with Crippen molar-refractivity contribution in [2.45, 2.75) is 46.1 Å². The summed E-state index contributed by atoms with van der Waals surface area (Å²) in [6.45, 7) is 6.03. The van der Waals surface area contributed by atoms with Crippen LogP contribution in [0.25, 0.3) is 11.0 Å². The Bertz CT molecular complexity index is 627. The van der Waals surface area contributed by atoms with Crippen molar-refractivity contribution in [2.75, 3.05) is 6.61 Å². The van der Waals surface area contributed by atoms with E-state index in [1.54, 1.807) is 13.0 Å². The Kier molecular flexibility index (Phi) is 5.02. The SMILES string of the molecule is CCOC(=O)c1cc2cc(CCC(O)CC)cc(C)c2o1. The second-order valence-electron chi connectivity index (χ2n) is 5.26. The van der Waals surface area contributed by atoms with E-state index in [2.05, 4.69) is 0 Å². The molecule has 2 rings (SSSR count). The minimum atomic E-state index is -0.434. The average molecular weight is 290 g/mol. The van der Waals surface area contributed by atoms with E-state index in [-0.39, 0.29) is 11.9 Å². The van der Waals surface area contributed by atoms with Gasteiger partial charge in [-0.3, -0.25) is 0 Å². The number of fused-ring (bicyclic) bond motifs is 1. The van der Waals surface area contributed by atoms with Crippen LogP contribution in [-0.4, -0.2) is 23.8 Å². The highest BCUT2D eigenvalue weighted by molar-refractivity contribution is 5.93. The third-order valence-corrected chi connectivity index (χ3v) is 3.58. The largest absolute Gasteiger partial charge is 0.460 e. The molecule has 0 aliphatic carbocycles. The molecule has 0 bridgehead atoms. The molecule has 0 aliphatic heterocycles. The van der Waals surface area contributed by atoms with Crippen LogP contribution in [0.1, 0.15) is 48.4 Å². The Balaban J connectivity index is 2.26. The Morgan fingerprint density at radius 3 is 2.76 bits per heavy atom. The van der Waals surface area contributed by atoms with Gasteiger partial charge in [-0.05, 0) is 56.4 Å². The molecular formula is C17H22O4. The highest BCUT2D eigenvalue weighted by Gasteiger charge is 2.15. The van der Waals surface area contributed by atoms with Gasteiger partial charge in [-0.25, -0.2) is 4.79 Å². The van der Waals surface area contributed by atoms with Crippen LogP contribution in [0.5, 0.6) is 0 Å². The van der Waals surface area contributed by atoms with E-state index >= 15 is 0 Å². The molecular weight excluding hydrogens is 268 g/mol. The standard InChI is InChI=1S/C17H22O4/c1-4-14(18)7-6-12-8-11(3)16-13(9-12)10-15(21-16)17(19)20-5-2/h8-10,14,18H,4-7H2,1-3H3. The molecule has 1 aromatic heterocycles. The van der Waals surface area contributed by atoms with Crippen molar-refractivity contribution in [3.05, 3.63) is 35.1 Å². The first kappa shape index (κ1) is 15.6. The fraction of sp³-hybridized carbons (Fsp3) is 0.471. The fourth-order valence-electron chi connectivity index (χ4n) is 2.39. The van der Waals surface area contributed by atoms with Gasteiger partial charge in [0.1, 0.15) is 5.58 Å². The zero-order valence-electron chi connectivity index (χ0n) is 12.8. The van der Waals surface area contributed by atoms with Crippen molar-refractivity contribution in [3.63, 3.8) is 0 Å². The summed E-state index contributed by atoms with van der Waals surface area (Å²) in [6, 6.07) is 5.78. The number of carbonyl (C=O) groups is 1. The molecule has 0 saturated carbocycles. The van der Waals surface area contributed by atoms with Crippen LogP contribution in [0.4, 0.5) is 0 Å². The fourth-order valence-corrected chi connectivity index (χ4v) is 2.39. The normalized spacial score (nSPS) is 12.6. The van der Waals surface area contributed by atoms with Gasteiger partial charge < -0.3 is 14.3 Å². The van der Waals surface area contributed by atoms with Gasteiger partial charge in [-0.1, -0.05) is 13.0 Å². The lowest BCUT2D eigenvalue weighted by Crippen LogP contribution is -2.05. The molecule has 21 heavy (non-hydrogen) atoms. The molecule has 2 aromatic rings. The second-order valence-corrected chi connectivity index (χ2v) is 5.26. The molecule has 0 spiro atoms. The molecule has 4 nitrogen and oxygen atoms in total. The summed E-state index contributed by atoms with van der Waals surface area (Å²) >= 11 is 0. The predicted octanol–water partition coefficient (Wildman–Crippen LogP) is 3.62. The van der Waals surface area contributed by atoms with Gasteiger partial charge in [0, 0.05) is 5.39 Å². The molecule has 114 valence electrons. The molecule has 4 heteroatoms. The van der Waals surface area contributed by atoms with Crippen molar-refractivity contribution in [1.82, 2.24) is 0 Å². The molecule has 1 atom stereocenters. The van der Waals surface area contributed by atoms with Crippen molar-refractivity contribution in [2.24, 2.45) is 0 Å². The summed E-state index contributed by atoms with van der Waals surface area (Å²) in [7, 11) is 0. The third kappa shape index (κ3) is 3.64. The van der Waals surface area contributed by atoms with E-state index in [0.29, 0.717) is 6.61 Å². The first-order valence-electron chi connectivity index (χ1n) is 7.43. The van der Waals surface area contributed by atoms with E-state index in [1.165, 1.54) is 0 Å². The number of furan rings is 1. The Hall–Kier alpha value is -1.81. The van der Waals surface area contributed by atoms with E-state index < -0.39 is 5.97 Å². The highest BCUT2D eigenvalue weighted by atomic mass is 16.5. The van der Waals surface area contributed by atoms with E-state index in [9.17, 15) is 9.90 Å². The molecule has 0 aliphatic rings. The maximum Gasteiger partial charge on any atom is 0.374 e. The van der Waals surface area contributed by atoms with Crippen LogP contribution in [0, 0.1) is 6.92 Å². The maximum absolute atomic E-state index is 11.7. The Morgan fingerprint density at radius 2 is 2.10 bits per heavy atom. The van der Waals surface area contributed by atoms with Crippen LogP contribution < -0.4 is 0 Å². The summed E-state index contributed by atoms with van der Waals surface area (Å²) in [5.41, 5.74) is 2.85. The number of hydrogen-bond donors (Lipinski definition) is 1. The minimum Gasteiger partial charge on any atom is -0.460 e. The van der Waals surface area contributed by atoms with Crippen molar-refractivity contribution < 1.29 is 19.1 Å². The number of benzene rings is 1. The van der Waals surface area contributed by atoms with Gasteiger partial charge in [-0.15, -0.1) is 0 Å². The molecule has 0 fully saturated rings. The zero-order chi connectivity index (χ0) is 15.4. The predicted molar refractivity (Wildman–Crippen MR) is 81.5 cm³/mol. The van der Waals surface area contributed by atoms with Gasteiger partial charge in [0.15, 0.2) is 0 Å². The summed E-state index contributed by atoms with van der Waals surface area (Å²) in [5, 5.41) is 10.6. The Morgan fingerprint density at radius 1 is 1.33 bits per heavy atom. The molecule has 1 heterocycles. The number of rotatable bonds is 6. The number of ether oxygens (including phenoxy) is 1. The summed E-state index contributed by atoms with van der Waals surface area (Å²) in [4.78, 5) is 11.7.